The summed E-state index contributed by atoms with van der Waals surface area (Å²) in [5.74, 6) is -2.33. The highest BCUT2D eigenvalue weighted by atomic mass is 19.4. The van der Waals surface area contributed by atoms with Crippen LogP contribution in [-0.4, -0.2) is 11.3 Å². The molecule has 0 aliphatic heterocycles. The molecule has 0 aliphatic rings. The van der Waals surface area contributed by atoms with Crippen LogP contribution in [0.3, 0.4) is 0 Å². The van der Waals surface area contributed by atoms with Gasteiger partial charge in [-0.15, -0.1) is 0 Å². The normalized spacial score (nSPS) is 14.1. The molecule has 0 fully saturated rings. The quantitative estimate of drug-likeness (QED) is 0.709. The molecule has 1 rings (SSSR count). The summed E-state index contributed by atoms with van der Waals surface area (Å²) in [5, 5.41) is 8.63. The van der Waals surface area contributed by atoms with Crippen molar-refractivity contribution >= 4 is 0 Å². The lowest BCUT2D eigenvalue weighted by atomic mass is 10.1. The van der Waals surface area contributed by atoms with E-state index in [1.165, 1.54) is 0 Å². The molecule has 0 spiro atoms. The Morgan fingerprint density at radius 2 is 1.71 bits per heavy atom. The zero-order valence-electron chi connectivity index (χ0n) is 6.65. The number of benzene rings is 1. The minimum atomic E-state index is -5.01. The highest BCUT2D eigenvalue weighted by Crippen LogP contribution is 2.33. The van der Waals surface area contributed by atoms with Gasteiger partial charge in [0.25, 0.3) is 0 Å². The summed E-state index contributed by atoms with van der Waals surface area (Å²) < 4.78 is 60.9. The largest absolute Gasteiger partial charge is 0.418 e. The molecule has 0 aliphatic carbocycles. The summed E-state index contributed by atoms with van der Waals surface area (Å²) in [5.41, 5.74) is -1.11. The summed E-state index contributed by atoms with van der Waals surface area (Å²) >= 11 is 0. The highest BCUT2D eigenvalue weighted by Gasteiger charge is 2.40. The zero-order chi connectivity index (χ0) is 10.9. The Labute approximate surface area is 75.8 Å². The molecule has 1 nitrogen and oxygen atoms in total. The van der Waals surface area contributed by atoms with Crippen molar-refractivity contribution in [3.8, 4) is 0 Å². The van der Waals surface area contributed by atoms with E-state index in [4.69, 9.17) is 5.11 Å². The summed E-state index contributed by atoms with van der Waals surface area (Å²) in [6.45, 7) is 0. The fraction of sp³-hybridized carbons (Fsp3) is 0.250. The van der Waals surface area contributed by atoms with Crippen molar-refractivity contribution < 1.29 is 27.1 Å². The average Bonchev–Trinajstić information content (AvgIpc) is 2.06. The SMILES string of the molecule is OC(c1cc(F)ccc1F)C(F)(F)F. The van der Waals surface area contributed by atoms with Gasteiger partial charge in [-0.3, -0.25) is 0 Å². The first-order valence-corrected chi connectivity index (χ1v) is 3.52. The number of aliphatic hydroxyl groups is 1. The van der Waals surface area contributed by atoms with Crippen molar-refractivity contribution in [2.24, 2.45) is 0 Å². The van der Waals surface area contributed by atoms with E-state index in [9.17, 15) is 22.0 Å². The average molecular weight is 212 g/mol. The molecule has 1 N–H and O–H groups in total. The van der Waals surface area contributed by atoms with E-state index in [1.807, 2.05) is 0 Å². The van der Waals surface area contributed by atoms with Crippen LogP contribution >= 0.6 is 0 Å². The maximum atomic E-state index is 12.7. The Morgan fingerprint density at radius 1 is 1.14 bits per heavy atom. The molecule has 1 unspecified atom stereocenters. The second-order valence-corrected chi connectivity index (χ2v) is 2.61. The third-order valence-corrected chi connectivity index (χ3v) is 1.56. The first-order chi connectivity index (χ1) is 6.32. The van der Waals surface area contributed by atoms with Crippen molar-refractivity contribution in [3.05, 3.63) is 35.4 Å². The monoisotopic (exact) mass is 212 g/mol. The minimum absolute atomic E-state index is 0.313. The number of aliphatic hydroxyl groups excluding tert-OH is 1. The molecule has 0 saturated carbocycles. The summed E-state index contributed by atoms with van der Waals surface area (Å²) in [7, 11) is 0. The lowest BCUT2D eigenvalue weighted by molar-refractivity contribution is -0.207. The molecular weight excluding hydrogens is 207 g/mol. The van der Waals surface area contributed by atoms with Crippen molar-refractivity contribution in [3.63, 3.8) is 0 Å². The van der Waals surface area contributed by atoms with Gasteiger partial charge >= 0.3 is 6.18 Å². The van der Waals surface area contributed by atoms with Gasteiger partial charge in [0.2, 0.25) is 0 Å². The lowest BCUT2D eigenvalue weighted by Gasteiger charge is -2.15. The van der Waals surface area contributed by atoms with Crippen molar-refractivity contribution in [1.29, 1.82) is 0 Å². The number of alkyl halides is 3. The Morgan fingerprint density at radius 3 is 2.21 bits per heavy atom. The third kappa shape index (κ3) is 2.20. The van der Waals surface area contributed by atoms with Gasteiger partial charge in [0, 0.05) is 5.56 Å². The maximum absolute atomic E-state index is 12.7. The van der Waals surface area contributed by atoms with Gasteiger partial charge in [-0.25, -0.2) is 8.78 Å². The minimum Gasteiger partial charge on any atom is -0.379 e. The van der Waals surface area contributed by atoms with Gasteiger partial charge in [0.15, 0.2) is 6.10 Å². The third-order valence-electron chi connectivity index (χ3n) is 1.56. The van der Waals surface area contributed by atoms with Crippen LogP contribution in [0.15, 0.2) is 18.2 Å². The van der Waals surface area contributed by atoms with Crippen LogP contribution in [0.1, 0.15) is 11.7 Å². The molecule has 1 atom stereocenters. The Hall–Kier alpha value is -1.17. The topological polar surface area (TPSA) is 20.2 Å². The van der Waals surface area contributed by atoms with Gasteiger partial charge in [-0.2, -0.15) is 13.2 Å². The molecule has 0 amide bonds. The second-order valence-electron chi connectivity index (χ2n) is 2.61. The number of hydrogen-bond donors (Lipinski definition) is 1. The van der Waals surface area contributed by atoms with Crippen LogP contribution in [0.4, 0.5) is 22.0 Å². The summed E-state index contributed by atoms with van der Waals surface area (Å²) in [6.07, 6.45) is -8.01. The molecule has 0 radical (unpaired) electrons. The van der Waals surface area contributed by atoms with Crippen molar-refractivity contribution in [2.75, 3.05) is 0 Å². The smallest absolute Gasteiger partial charge is 0.379 e. The van der Waals surface area contributed by atoms with E-state index < -0.39 is 29.5 Å². The predicted octanol–water partition coefficient (Wildman–Crippen LogP) is 2.56. The Kier molecular flexibility index (Phi) is 2.75. The van der Waals surface area contributed by atoms with Crippen LogP contribution in [-0.2, 0) is 0 Å². The fourth-order valence-corrected chi connectivity index (χ4v) is 0.900. The van der Waals surface area contributed by atoms with Crippen molar-refractivity contribution in [1.82, 2.24) is 0 Å². The molecule has 0 saturated heterocycles. The van der Waals surface area contributed by atoms with E-state index in [2.05, 4.69) is 0 Å². The van der Waals surface area contributed by atoms with Crippen LogP contribution in [0.25, 0.3) is 0 Å². The number of hydrogen-bond acceptors (Lipinski definition) is 1. The van der Waals surface area contributed by atoms with Gasteiger partial charge < -0.3 is 5.11 Å². The van der Waals surface area contributed by atoms with Crippen LogP contribution < -0.4 is 0 Å². The van der Waals surface area contributed by atoms with Crippen LogP contribution in [0, 0.1) is 11.6 Å². The highest BCUT2D eigenvalue weighted by molar-refractivity contribution is 5.22. The molecule has 0 aromatic heterocycles. The molecule has 1 aromatic carbocycles. The zero-order valence-corrected chi connectivity index (χ0v) is 6.65. The number of halogens is 5. The Bertz CT molecular complexity index is 333. The van der Waals surface area contributed by atoms with E-state index in [-0.39, 0.29) is 0 Å². The first-order valence-electron chi connectivity index (χ1n) is 3.52. The Balaban J connectivity index is 3.12. The van der Waals surface area contributed by atoms with Crippen molar-refractivity contribution in [2.45, 2.75) is 12.3 Å². The van der Waals surface area contributed by atoms with E-state index in [1.54, 1.807) is 0 Å². The van der Waals surface area contributed by atoms with Gasteiger partial charge in [-0.1, -0.05) is 0 Å². The molecule has 78 valence electrons. The standard InChI is InChI=1S/C8H5F5O/c9-4-1-2-6(10)5(3-4)7(14)8(11,12)13/h1-3,7,14H. The summed E-state index contributed by atoms with van der Waals surface area (Å²) in [6, 6.07) is 1.51. The fourth-order valence-electron chi connectivity index (χ4n) is 0.900. The van der Waals surface area contributed by atoms with Gasteiger partial charge in [0.1, 0.15) is 11.6 Å². The van der Waals surface area contributed by atoms with Crippen LogP contribution in [0.5, 0.6) is 0 Å². The first kappa shape index (κ1) is 10.9. The maximum Gasteiger partial charge on any atom is 0.418 e. The van der Waals surface area contributed by atoms with E-state index in [0.29, 0.717) is 18.2 Å². The second kappa shape index (κ2) is 3.53. The molecule has 0 heterocycles. The molecular formula is C8H5F5O. The van der Waals surface area contributed by atoms with Crippen LogP contribution in [0.2, 0.25) is 0 Å². The molecule has 1 aromatic rings. The van der Waals surface area contributed by atoms with Gasteiger partial charge in [0.05, 0.1) is 0 Å². The van der Waals surface area contributed by atoms with E-state index in [0.717, 1.165) is 0 Å². The number of rotatable bonds is 1. The molecule has 0 bridgehead atoms. The molecule has 14 heavy (non-hydrogen) atoms. The lowest BCUT2D eigenvalue weighted by Crippen LogP contribution is -2.21. The molecule has 6 heteroatoms. The predicted molar refractivity (Wildman–Crippen MR) is 37.4 cm³/mol. The summed E-state index contributed by atoms with van der Waals surface area (Å²) in [4.78, 5) is 0. The van der Waals surface area contributed by atoms with E-state index >= 15 is 0 Å². The van der Waals surface area contributed by atoms with Gasteiger partial charge in [-0.05, 0) is 18.2 Å².